The molecule has 2 aromatic carbocycles. The van der Waals surface area contributed by atoms with Crippen LogP contribution in [0, 0.1) is 5.82 Å². The molecule has 1 aromatic heterocycles. The minimum Gasteiger partial charge on any atom is -0.445 e. The molecular weight excluding hydrogens is 477 g/mol. The fourth-order valence-corrected chi connectivity index (χ4v) is 4.48. The number of alkyl carbamates (subject to hydrolysis) is 1. The van der Waals surface area contributed by atoms with E-state index in [4.69, 9.17) is 4.74 Å². The molecule has 4 rings (SSSR count). The van der Waals surface area contributed by atoms with Crippen molar-refractivity contribution in [2.45, 2.75) is 64.3 Å². The second-order valence-corrected chi connectivity index (χ2v) is 9.38. The molecule has 10 heteroatoms. The number of benzene rings is 2. The lowest BCUT2D eigenvalue weighted by atomic mass is 10.0. The SMILES string of the molecule is CC(NC(=O)C(CC(=O)N1CCCC[C@@H]1C)NC(=O)OCc1ccccc1)c1nc2c(F)cccc2[nH]1. The van der Waals surface area contributed by atoms with Gasteiger partial charge in [0, 0.05) is 12.6 Å². The summed E-state index contributed by atoms with van der Waals surface area (Å²) in [6, 6.07) is 12.0. The van der Waals surface area contributed by atoms with Crippen LogP contribution in [0.15, 0.2) is 48.5 Å². The maximum Gasteiger partial charge on any atom is 0.408 e. The Morgan fingerprint density at radius 1 is 1.14 bits per heavy atom. The third-order valence-electron chi connectivity index (χ3n) is 6.57. The van der Waals surface area contributed by atoms with E-state index >= 15 is 0 Å². The van der Waals surface area contributed by atoms with Gasteiger partial charge >= 0.3 is 6.09 Å². The number of piperidine rings is 1. The number of aromatic nitrogens is 2. The lowest BCUT2D eigenvalue weighted by Gasteiger charge is -2.34. The van der Waals surface area contributed by atoms with Crippen LogP contribution in [0.2, 0.25) is 0 Å². The van der Waals surface area contributed by atoms with Crippen LogP contribution in [0.1, 0.15) is 57.0 Å². The number of amides is 3. The zero-order valence-corrected chi connectivity index (χ0v) is 21.0. The smallest absolute Gasteiger partial charge is 0.408 e. The van der Waals surface area contributed by atoms with Gasteiger partial charge in [0.15, 0.2) is 5.82 Å². The number of rotatable bonds is 8. The molecule has 196 valence electrons. The van der Waals surface area contributed by atoms with Gasteiger partial charge in [-0.2, -0.15) is 0 Å². The van der Waals surface area contributed by atoms with E-state index in [1.165, 1.54) is 6.07 Å². The van der Waals surface area contributed by atoms with E-state index in [9.17, 15) is 18.8 Å². The maximum atomic E-state index is 14.1. The first-order valence-corrected chi connectivity index (χ1v) is 12.5. The summed E-state index contributed by atoms with van der Waals surface area (Å²) >= 11 is 0. The molecule has 3 atom stereocenters. The number of ether oxygens (including phenoxy) is 1. The molecule has 9 nitrogen and oxygen atoms in total. The molecule has 37 heavy (non-hydrogen) atoms. The Balaban J connectivity index is 1.45. The molecule has 2 unspecified atom stereocenters. The molecule has 1 aliphatic heterocycles. The molecule has 0 spiro atoms. The van der Waals surface area contributed by atoms with Crippen molar-refractivity contribution < 1.29 is 23.5 Å². The first kappa shape index (κ1) is 26.1. The highest BCUT2D eigenvalue weighted by Gasteiger charge is 2.31. The molecule has 0 bridgehead atoms. The normalized spacial score (nSPS) is 17.2. The quantitative estimate of drug-likeness (QED) is 0.425. The average Bonchev–Trinajstić information content (AvgIpc) is 3.34. The number of imidazole rings is 1. The largest absolute Gasteiger partial charge is 0.445 e. The Morgan fingerprint density at radius 3 is 2.65 bits per heavy atom. The molecule has 3 amide bonds. The van der Waals surface area contributed by atoms with E-state index in [2.05, 4.69) is 20.6 Å². The predicted octanol–water partition coefficient (Wildman–Crippen LogP) is 3.97. The lowest BCUT2D eigenvalue weighted by molar-refractivity contribution is -0.137. The molecular formula is C27H32FN5O4. The van der Waals surface area contributed by atoms with Gasteiger partial charge in [0.2, 0.25) is 11.8 Å². The van der Waals surface area contributed by atoms with E-state index in [1.54, 1.807) is 24.0 Å². The standard InChI is InChI=1S/C27H32FN5O4/c1-17-9-6-7-14-33(17)23(34)15-22(31-27(36)37-16-19-10-4-3-5-11-19)26(35)29-18(2)25-30-21-13-8-12-20(28)24(21)32-25/h3-5,8,10-13,17-18,22H,6-7,9,14-16H2,1-2H3,(H,29,35)(H,30,32)(H,31,36)/t17-,18?,22?/m0/s1. The fraction of sp³-hybridized carbons (Fsp3) is 0.407. The summed E-state index contributed by atoms with van der Waals surface area (Å²) < 4.78 is 19.4. The van der Waals surface area contributed by atoms with Crippen LogP contribution in [-0.2, 0) is 20.9 Å². The van der Waals surface area contributed by atoms with Crippen LogP contribution >= 0.6 is 0 Å². The van der Waals surface area contributed by atoms with Crippen molar-refractivity contribution >= 4 is 28.9 Å². The predicted molar refractivity (Wildman–Crippen MR) is 136 cm³/mol. The van der Waals surface area contributed by atoms with Crippen molar-refractivity contribution in [3.05, 3.63) is 65.7 Å². The van der Waals surface area contributed by atoms with Crippen molar-refractivity contribution in [1.82, 2.24) is 25.5 Å². The number of hydrogen-bond acceptors (Lipinski definition) is 5. The van der Waals surface area contributed by atoms with E-state index in [1.807, 2.05) is 37.3 Å². The molecule has 0 radical (unpaired) electrons. The van der Waals surface area contributed by atoms with Crippen LogP contribution in [-0.4, -0.2) is 51.4 Å². The summed E-state index contributed by atoms with van der Waals surface area (Å²) in [5.41, 5.74) is 1.47. The number of carbonyl (C=O) groups is 3. The zero-order valence-electron chi connectivity index (χ0n) is 21.0. The third-order valence-corrected chi connectivity index (χ3v) is 6.57. The third kappa shape index (κ3) is 6.63. The van der Waals surface area contributed by atoms with Crippen LogP contribution in [0.3, 0.4) is 0 Å². The highest BCUT2D eigenvalue weighted by Crippen LogP contribution is 2.20. The minimum absolute atomic E-state index is 0.0269. The van der Waals surface area contributed by atoms with Crippen molar-refractivity contribution in [3.8, 4) is 0 Å². The number of halogens is 1. The second-order valence-electron chi connectivity index (χ2n) is 9.38. The number of likely N-dealkylation sites (tertiary alicyclic amines) is 1. The fourth-order valence-electron chi connectivity index (χ4n) is 4.48. The number of para-hydroxylation sites is 1. The summed E-state index contributed by atoms with van der Waals surface area (Å²) in [7, 11) is 0. The van der Waals surface area contributed by atoms with Gasteiger partial charge in [0.1, 0.15) is 24.0 Å². The number of fused-ring (bicyclic) bond motifs is 1. The summed E-state index contributed by atoms with van der Waals surface area (Å²) in [6.07, 6.45) is 1.84. The van der Waals surface area contributed by atoms with Crippen LogP contribution < -0.4 is 10.6 Å². The number of aromatic amines is 1. The van der Waals surface area contributed by atoms with Gasteiger partial charge in [-0.25, -0.2) is 14.2 Å². The summed E-state index contributed by atoms with van der Waals surface area (Å²) in [6.45, 7) is 4.32. The number of H-pyrrole nitrogens is 1. The second kappa shape index (κ2) is 11.9. The van der Waals surface area contributed by atoms with E-state index in [0.29, 0.717) is 17.9 Å². The summed E-state index contributed by atoms with van der Waals surface area (Å²) in [5.74, 6) is -0.896. The number of carbonyl (C=O) groups excluding carboxylic acids is 3. The van der Waals surface area contributed by atoms with Gasteiger partial charge in [0.25, 0.3) is 0 Å². The zero-order chi connectivity index (χ0) is 26.4. The number of nitrogens with zero attached hydrogens (tertiary/aromatic N) is 2. The molecule has 1 aliphatic rings. The van der Waals surface area contributed by atoms with Gasteiger partial charge in [-0.1, -0.05) is 36.4 Å². The first-order chi connectivity index (χ1) is 17.8. The number of nitrogens with one attached hydrogen (secondary N) is 3. The van der Waals surface area contributed by atoms with Gasteiger partial charge in [0.05, 0.1) is 18.0 Å². The molecule has 0 saturated carbocycles. The van der Waals surface area contributed by atoms with Crippen LogP contribution in [0.25, 0.3) is 11.0 Å². The van der Waals surface area contributed by atoms with Crippen LogP contribution in [0.4, 0.5) is 9.18 Å². The summed E-state index contributed by atoms with van der Waals surface area (Å²) in [5, 5.41) is 5.33. The van der Waals surface area contributed by atoms with E-state index < -0.39 is 29.9 Å². The van der Waals surface area contributed by atoms with Gasteiger partial charge in [-0.05, 0) is 50.8 Å². The number of hydrogen-bond donors (Lipinski definition) is 3. The lowest BCUT2D eigenvalue weighted by Crippen LogP contribution is -2.51. The van der Waals surface area contributed by atoms with Crippen molar-refractivity contribution in [2.24, 2.45) is 0 Å². The van der Waals surface area contributed by atoms with E-state index in [0.717, 1.165) is 24.8 Å². The van der Waals surface area contributed by atoms with Gasteiger partial charge in [-0.15, -0.1) is 0 Å². The van der Waals surface area contributed by atoms with Crippen molar-refractivity contribution in [2.75, 3.05) is 6.54 Å². The Kier molecular flexibility index (Phi) is 8.37. The summed E-state index contributed by atoms with van der Waals surface area (Å²) in [4.78, 5) is 47.9. The Hall–Kier alpha value is -3.95. The van der Waals surface area contributed by atoms with Crippen molar-refractivity contribution in [3.63, 3.8) is 0 Å². The monoisotopic (exact) mass is 509 g/mol. The van der Waals surface area contributed by atoms with Crippen LogP contribution in [0.5, 0.6) is 0 Å². The maximum absolute atomic E-state index is 14.1. The molecule has 3 N–H and O–H groups in total. The molecule has 1 fully saturated rings. The molecule has 3 aromatic rings. The molecule has 2 heterocycles. The highest BCUT2D eigenvalue weighted by molar-refractivity contribution is 5.91. The minimum atomic E-state index is -1.16. The molecule has 1 saturated heterocycles. The Labute approximate surface area is 214 Å². The highest BCUT2D eigenvalue weighted by atomic mass is 19.1. The Bertz CT molecular complexity index is 1250. The average molecular weight is 510 g/mol. The van der Waals surface area contributed by atoms with Gasteiger partial charge in [-0.3, -0.25) is 9.59 Å². The first-order valence-electron chi connectivity index (χ1n) is 12.5. The molecule has 0 aliphatic carbocycles. The topological polar surface area (TPSA) is 116 Å². The Morgan fingerprint density at radius 2 is 1.92 bits per heavy atom. The van der Waals surface area contributed by atoms with Crippen molar-refractivity contribution in [1.29, 1.82) is 0 Å². The van der Waals surface area contributed by atoms with Gasteiger partial charge < -0.3 is 25.3 Å². The van der Waals surface area contributed by atoms with E-state index in [-0.39, 0.29) is 30.5 Å².